The van der Waals surface area contributed by atoms with Crippen LogP contribution < -0.4 is 5.32 Å². The Balaban J connectivity index is 1.90. The van der Waals surface area contributed by atoms with E-state index in [9.17, 15) is 14.0 Å². The van der Waals surface area contributed by atoms with Gasteiger partial charge in [-0.15, -0.1) is 0 Å². The molecule has 0 saturated heterocycles. The summed E-state index contributed by atoms with van der Waals surface area (Å²) in [7, 11) is 0. The number of alkyl halides is 1. The molecule has 0 bridgehead atoms. The lowest BCUT2D eigenvalue weighted by atomic mass is 10.0. The molecule has 2 unspecified atom stereocenters. The molecule has 2 amide bonds. The number of benzene rings is 2. The molecule has 0 saturated carbocycles. The highest BCUT2D eigenvalue weighted by Gasteiger charge is 2.44. The molecule has 0 fully saturated rings. The molecule has 2 atom stereocenters. The summed E-state index contributed by atoms with van der Waals surface area (Å²) >= 11 is 0. The van der Waals surface area contributed by atoms with E-state index in [2.05, 4.69) is 5.32 Å². The van der Waals surface area contributed by atoms with Crippen molar-refractivity contribution in [3.05, 3.63) is 71.3 Å². The summed E-state index contributed by atoms with van der Waals surface area (Å²) in [6.07, 6.45) is 2.20. The van der Waals surface area contributed by atoms with Gasteiger partial charge < -0.3 is 10.2 Å². The first-order chi connectivity index (χ1) is 13.2. The van der Waals surface area contributed by atoms with Gasteiger partial charge in [-0.25, -0.2) is 4.39 Å². The number of hydrogen-bond acceptors (Lipinski definition) is 2. The fourth-order valence-corrected chi connectivity index (χ4v) is 3.58. The van der Waals surface area contributed by atoms with Crippen molar-refractivity contribution in [3.8, 4) is 0 Å². The second-order valence-electron chi connectivity index (χ2n) is 6.84. The number of fused-ring (bicyclic) bond motifs is 1. The minimum absolute atomic E-state index is 0.242. The summed E-state index contributed by atoms with van der Waals surface area (Å²) in [5.41, 5.74) is 2.08. The summed E-state index contributed by atoms with van der Waals surface area (Å²) in [5, 5.41) is 2.90. The Morgan fingerprint density at radius 1 is 1.15 bits per heavy atom. The van der Waals surface area contributed by atoms with Gasteiger partial charge in [0.15, 0.2) is 0 Å². The molecule has 3 rings (SSSR count). The summed E-state index contributed by atoms with van der Waals surface area (Å²) in [6, 6.07) is 15.1. The van der Waals surface area contributed by atoms with Crippen molar-refractivity contribution in [1.29, 1.82) is 0 Å². The fourth-order valence-electron chi connectivity index (χ4n) is 3.58. The van der Waals surface area contributed by atoms with E-state index in [-0.39, 0.29) is 11.8 Å². The van der Waals surface area contributed by atoms with Crippen LogP contribution in [0, 0.1) is 0 Å². The predicted octanol–water partition coefficient (Wildman–Crippen LogP) is 3.68. The van der Waals surface area contributed by atoms with Crippen LogP contribution in [0.25, 0.3) is 0 Å². The van der Waals surface area contributed by atoms with E-state index >= 15 is 0 Å². The summed E-state index contributed by atoms with van der Waals surface area (Å²) < 4.78 is 14.0. The molecule has 4 nitrogen and oxygen atoms in total. The molecule has 2 aromatic carbocycles. The molecule has 0 spiro atoms. The fraction of sp³-hybridized carbons (Fsp3) is 0.364. The monoisotopic (exact) mass is 368 g/mol. The average Bonchev–Trinajstić information content (AvgIpc) is 3.00. The lowest BCUT2D eigenvalue weighted by molar-refractivity contribution is -0.126. The smallest absolute Gasteiger partial charge is 0.255 e. The van der Waals surface area contributed by atoms with Gasteiger partial charge in [0.25, 0.3) is 5.91 Å². The zero-order chi connectivity index (χ0) is 19.2. The van der Waals surface area contributed by atoms with Gasteiger partial charge in [-0.05, 0) is 30.0 Å². The van der Waals surface area contributed by atoms with Crippen LogP contribution in [0.5, 0.6) is 0 Å². The maximum absolute atomic E-state index is 14.0. The molecule has 1 N–H and O–H groups in total. The van der Waals surface area contributed by atoms with Crippen LogP contribution >= 0.6 is 0 Å². The topological polar surface area (TPSA) is 49.4 Å². The van der Waals surface area contributed by atoms with Crippen molar-refractivity contribution in [1.82, 2.24) is 10.2 Å². The first kappa shape index (κ1) is 19.1. The van der Waals surface area contributed by atoms with Crippen molar-refractivity contribution < 1.29 is 14.0 Å². The molecule has 0 aliphatic carbocycles. The Morgan fingerprint density at radius 3 is 2.56 bits per heavy atom. The molecule has 2 aromatic rings. The van der Waals surface area contributed by atoms with E-state index in [0.29, 0.717) is 24.1 Å². The van der Waals surface area contributed by atoms with E-state index < -0.39 is 18.8 Å². The Morgan fingerprint density at radius 2 is 1.85 bits per heavy atom. The maximum Gasteiger partial charge on any atom is 0.255 e. The van der Waals surface area contributed by atoms with Gasteiger partial charge in [0.2, 0.25) is 5.91 Å². The number of unbranched alkanes of at least 4 members (excludes halogenated alkanes) is 1. The Hall–Kier alpha value is -2.69. The van der Waals surface area contributed by atoms with Gasteiger partial charge in [0, 0.05) is 12.1 Å². The third kappa shape index (κ3) is 4.02. The molecule has 5 heteroatoms. The van der Waals surface area contributed by atoms with Crippen LogP contribution in [-0.4, -0.2) is 36.0 Å². The van der Waals surface area contributed by atoms with Crippen molar-refractivity contribution >= 4 is 11.8 Å². The first-order valence-electron chi connectivity index (χ1n) is 9.46. The zero-order valence-corrected chi connectivity index (χ0v) is 15.5. The third-order valence-corrected chi connectivity index (χ3v) is 4.96. The molecule has 142 valence electrons. The van der Waals surface area contributed by atoms with Crippen LogP contribution in [0.1, 0.15) is 47.3 Å². The normalized spacial score (nSPS) is 16.9. The van der Waals surface area contributed by atoms with Crippen molar-refractivity contribution in [3.63, 3.8) is 0 Å². The summed E-state index contributed by atoms with van der Waals surface area (Å²) in [6.45, 7) is 1.90. The number of carbonyl (C=O) groups is 2. The van der Waals surface area contributed by atoms with Crippen molar-refractivity contribution in [2.75, 3.05) is 13.2 Å². The SMILES string of the molecule is CCCCNC(=O)C1c2ccccc2C(=O)N1C(CF)Cc1ccccc1. The Bertz CT molecular complexity index is 794. The number of hydrogen-bond donors (Lipinski definition) is 1. The predicted molar refractivity (Wildman–Crippen MR) is 103 cm³/mol. The van der Waals surface area contributed by atoms with E-state index in [4.69, 9.17) is 0 Å². The minimum Gasteiger partial charge on any atom is -0.354 e. The Kier molecular flexibility index (Phi) is 6.22. The van der Waals surface area contributed by atoms with E-state index in [1.165, 1.54) is 4.90 Å². The Labute approximate surface area is 159 Å². The summed E-state index contributed by atoms with van der Waals surface area (Å²) in [5.74, 6) is -0.520. The summed E-state index contributed by atoms with van der Waals surface area (Å²) in [4.78, 5) is 27.3. The second-order valence-corrected chi connectivity index (χ2v) is 6.84. The van der Waals surface area contributed by atoms with Crippen molar-refractivity contribution in [2.24, 2.45) is 0 Å². The number of rotatable bonds is 8. The molecule has 1 aliphatic heterocycles. The molecule has 1 aliphatic rings. The van der Waals surface area contributed by atoms with Crippen LogP contribution in [0.15, 0.2) is 54.6 Å². The first-order valence-corrected chi connectivity index (χ1v) is 9.46. The van der Waals surface area contributed by atoms with Crippen LogP contribution in [0.3, 0.4) is 0 Å². The number of carbonyl (C=O) groups excluding carboxylic acids is 2. The van der Waals surface area contributed by atoms with Crippen LogP contribution in [0.4, 0.5) is 4.39 Å². The largest absolute Gasteiger partial charge is 0.354 e. The van der Waals surface area contributed by atoms with E-state index in [0.717, 1.165) is 18.4 Å². The van der Waals surface area contributed by atoms with Crippen molar-refractivity contribution in [2.45, 2.75) is 38.3 Å². The molecule has 27 heavy (non-hydrogen) atoms. The number of nitrogens with zero attached hydrogens (tertiary/aromatic N) is 1. The molecule has 0 radical (unpaired) electrons. The average molecular weight is 368 g/mol. The van der Waals surface area contributed by atoms with Gasteiger partial charge in [0.1, 0.15) is 12.7 Å². The van der Waals surface area contributed by atoms with Crippen LogP contribution in [-0.2, 0) is 11.2 Å². The lowest BCUT2D eigenvalue weighted by Crippen LogP contribution is -2.46. The standard InChI is InChI=1S/C22H25FN2O2/c1-2-3-13-24-21(26)20-18-11-7-8-12-19(18)22(27)25(20)17(15-23)14-16-9-5-4-6-10-16/h4-12,17,20H,2-3,13-15H2,1H3,(H,24,26). The quantitative estimate of drug-likeness (QED) is 0.723. The second kappa shape index (κ2) is 8.80. The third-order valence-electron chi connectivity index (χ3n) is 4.96. The highest BCUT2D eigenvalue weighted by Crippen LogP contribution is 2.36. The number of nitrogens with one attached hydrogen (secondary N) is 1. The van der Waals surface area contributed by atoms with Gasteiger partial charge >= 0.3 is 0 Å². The zero-order valence-electron chi connectivity index (χ0n) is 15.5. The van der Waals surface area contributed by atoms with Gasteiger partial charge in [-0.3, -0.25) is 9.59 Å². The number of amides is 2. The minimum atomic E-state index is -0.782. The van der Waals surface area contributed by atoms with Gasteiger partial charge in [0.05, 0.1) is 6.04 Å². The van der Waals surface area contributed by atoms with Gasteiger partial charge in [-0.2, -0.15) is 0 Å². The van der Waals surface area contributed by atoms with Gasteiger partial charge in [-0.1, -0.05) is 61.9 Å². The maximum atomic E-state index is 14.0. The molecular weight excluding hydrogens is 343 g/mol. The molecule has 1 heterocycles. The van der Waals surface area contributed by atoms with E-state index in [1.807, 2.05) is 43.3 Å². The number of halogens is 1. The van der Waals surface area contributed by atoms with E-state index in [1.54, 1.807) is 18.2 Å². The highest BCUT2D eigenvalue weighted by molar-refractivity contribution is 6.04. The molecule has 0 aromatic heterocycles. The molecular formula is C22H25FN2O2. The lowest BCUT2D eigenvalue weighted by Gasteiger charge is -2.31. The highest BCUT2D eigenvalue weighted by atomic mass is 19.1. The van der Waals surface area contributed by atoms with Crippen LogP contribution in [0.2, 0.25) is 0 Å².